The molecule has 0 amide bonds. The Bertz CT molecular complexity index is 329. The van der Waals surface area contributed by atoms with E-state index in [1.165, 1.54) is 12.3 Å². The van der Waals surface area contributed by atoms with Crippen LogP contribution in [0, 0.1) is 11.2 Å². The van der Waals surface area contributed by atoms with E-state index in [1.54, 1.807) is 18.2 Å². The maximum Gasteiger partial charge on any atom is 0.131 e. The summed E-state index contributed by atoms with van der Waals surface area (Å²) in [5, 5.41) is 7.09. The van der Waals surface area contributed by atoms with Gasteiger partial charge >= 0.3 is 0 Å². The summed E-state index contributed by atoms with van der Waals surface area (Å²) < 4.78 is 13.2. The van der Waals surface area contributed by atoms with Gasteiger partial charge in [0.15, 0.2) is 0 Å². The Morgan fingerprint density at radius 2 is 2.23 bits per heavy atom. The highest BCUT2D eigenvalue weighted by atomic mass is 19.1. The van der Waals surface area contributed by atoms with Crippen LogP contribution < -0.4 is 0 Å². The number of hydrogen-bond donors (Lipinski definition) is 1. The summed E-state index contributed by atoms with van der Waals surface area (Å²) in [6.45, 7) is 1.99. The van der Waals surface area contributed by atoms with E-state index in [9.17, 15) is 4.39 Å². The zero-order chi connectivity index (χ0) is 9.68. The monoisotopic (exact) mass is 177 g/mol. The first-order valence-corrected chi connectivity index (χ1v) is 4.25. The average molecular weight is 177 g/mol. The highest BCUT2D eigenvalue weighted by Crippen LogP contribution is 2.13. The Hall–Kier alpha value is -1.44. The van der Waals surface area contributed by atoms with Gasteiger partial charge in [-0.3, -0.25) is 0 Å². The third-order valence-electron chi connectivity index (χ3n) is 1.76. The van der Waals surface area contributed by atoms with Crippen LogP contribution in [0.1, 0.15) is 24.5 Å². The molecule has 0 unspecified atom stereocenters. The van der Waals surface area contributed by atoms with E-state index < -0.39 is 0 Å². The zero-order valence-electron chi connectivity index (χ0n) is 7.55. The number of rotatable bonds is 3. The summed E-state index contributed by atoms with van der Waals surface area (Å²) in [5.41, 5.74) is 1.11. The van der Waals surface area contributed by atoms with Crippen LogP contribution in [-0.4, -0.2) is 6.21 Å². The van der Waals surface area contributed by atoms with Gasteiger partial charge in [0, 0.05) is 17.3 Å². The lowest BCUT2D eigenvalue weighted by atomic mass is 10.1. The number of hydrogen-bond acceptors (Lipinski definition) is 1. The second-order valence-electron chi connectivity index (χ2n) is 2.70. The fourth-order valence-corrected chi connectivity index (χ4v) is 1.09. The van der Waals surface area contributed by atoms with Crippen LogP contribution in [0.4, 0.5) is 4.39 Å². The van der Waals surface area contributed by atoms with E-state index in [2.05, 4.69) is 0 Å². The maximum absolute atomic E-state index is 13.2. The minimum absolute atomic E-state index is 0.272. The van der Waals surface area contributed by atoms with Crippen LogP contribution in [0.2, 0.25) is 0 Å². The lowest BCUT2D eigenvalue weighted by Crippen LogP contribution is -1.90. The Kier molecular flexibility index (Phi) is 3.38. The van der Waals surface area contributed by atoms with Gasteiger partial charge in [-0.25, -0.2) is 4.39 Å². The Balaban J connectivity index is 3.14. The molecule has 0 aliphatic carbocycles. The van der Waals surface area contributed by atoms with Crippen molar-refractivity contribution >= 4 is 12.3 Å². The van der Waals surface area contributed by atoms with Crippen molar-refractivity contribution in [3.8, 4) is 0 Å². The molecular weight excluding hydrogens is 165 g/mol. The third-order valence-corrected chi connectivity index (χ3v) is 1.76. The van der Waals surface area contributed by atoms with Crippen molar-refractivity contribution in [1.82, 2.24) is 0 Å². The van der Waals surface area contributed by atoms with E-state index in [1.807, 2.05) is 13.0 Å². The molecule has 1 rings (SSSR count). The number of benzene rings is 1. The quantitative estimate of drug-likeness (QED) is 0.685. The van der Waals surface area contributed by atoms with Crippen LogP contribution in [0.3, 0.4) is 0 Å². The fraction of sp³-hybridized carbons (Fsp3) is 0.182. The molecule has 0 spiro atoms. The van der Waals surface area contributed by atoms with E-state index >= 15 is 0 Å². The Labute approximate surface area is 77.4 Å². The predicted octanol–water partition coefficient (Wildman–Crippen LogP) is 3.25. The summed E-state index contributed by atoms with van der Waals surface area (Å²) in [7, 11) is 0. The first kappa shape index (κ1) is 9.65. The van der Waals surface area contributed by atoms with Gasteiger partial charge in [-0.1, -0.05) is 31.2 Å². The van der Waals surface area contributed by atoms with E-state index in [-0.39, 0.29) is 5.82 Å². The van der Waals surface area contributed by atoms with Gasteiger partial charge in [0.1, 0.15) is 5.82 Å². The van der Waals surface area contributed by atoms with Gasteiger partial charge in [0.05, 0.1) is 0 Å². The molecule has 68 valence electrons. The summed E-state index contributed by atoms with van der Waals surface area (Å²) in [6.07, 6.45) is 5.63. The second-order valence-corrected chi connectivity index (χ2v) is 2.70. The van der Waals surface area contributed by atoms with E-state index in [0.29, 0.717) is 11.1 Å². The largest absolute Gasteiger partial charge is 0.308 e. The van der Waals surface area contributed by atoms with Gasteiger partial charge in [0.25, 0.3) is 0 Å². The molecule has 0 aliphatic rings. The zero-order valence-corrected chi connectivity index (χ0v) is 7.55. The van der Waals surface area contributed by atoms with Gasteiger partial charge in [0.2, 0.25) is 0 Å². The summed E-state index contributed by atoms with van der Waals surface area (Å²) in [5.74, 6) is -0.272. The SMILES string of the molecule is CC/C=C\c1c(F)cccc1C=N. The highest BCUT2D eigenvalue weighted by molar-refractivity contribution is 5.83. The van der Waals surface area contributed by atoms with Gasteiger partial charge in [-0.05, 0) is 12.5 Å². The van der Waals surface area contributed by atoms with Gasteiger partial charge in [-0.2, -0.15) is 0 Å². The highest BCUT2D eigenvalue weighted by Gasteiger charge is 2.01. The van der Waals surface area contributed by atoms with Crippen LogP contribution in [0.25, 0.3) is 6.08 Å². The molecule has 0 fully saturated rings. The van der Waals surface area contributed by atoms with Gasteiger partial charge in [-0.15, -0.1) is 0 Å². The standard InChI is InChI=1S/C11H12FN/c1-2-3-6-10-9(8-13)5-4-7-11(10)12/h3-8,13H,2H2,1H3/b6-3-,13-8?. The molecule has 0 bridgehead atoms. The topological polar surface area (TPSA) is 23.9 Å². The second kappa shape index (κ2) is 4.55. The Morgan fingerprint density at radius 1 is 1.46 bits per heavy atom. The Morgan fingerprint density at radius 3 is 2.85 bits per heavy atom. The molecule has 0 saturated carbocycles. The first-order chi connectivity index (χ1) is 6.29. The van der Waals surface area contributed by atoms with Crippen molar-refractivity contribution in [3.63, 3.8) is 0 Å². The smallest absolute Gasteiger partial charge is 0.131 e. The molecule has 2 heteroatoms. The molecular formula is C11H12FN. The molecule has 13 heavy (non-hydrogen) atoms. The van der Waals surface area contributed by atoms with Crippen molar-refractivity contribution in [2.24, 2.45) is 0 Å². The summed E-state index contributed by atoms with van der Waals surface area (Å²) >= 11 is 0. The molecule has 1 aromatic rings. The first-order valence-electron chi connectivity index (χ1n) is 4.25. The van der Waals surface area contributed by atoms with E-state index in [4.69, 9.17) is 5.41 Å². The van der Waals surface area contributed by atoms with E-state index in [0.717, 1.165) is 6.42 Å². The average Bonchev–Trinajstić information content (AvgIpc) is 2.15. The lowest BCUT2D eigenvalue weighted by Gasteiger charge is -2.00. The van der Waals surface area contributed by atoms with Crippen LogP contribution in [-0.2, 0) is 0 Å². The third kappa shape index (κ3) is 2.25. The summed E-state index contributed by atoms with van der Waals surface area (Å²) in [6, 6.07) is 4.74. The molecule has 0 atom stereocenters. The maximum atomic E-state index is 13.2. The van der Waals surface area contributed by atoms with Crippen molar-refractivity contribution in [3.05, 3.63) is 41.2 Å². The molecule has 0 aliphatic heterocycles. The lowest BCUT2D eigenvalue weighted by molar-refractivity contribution is 0.625. The minimum Gasteiger partial charge on any atom is -0.308 e. The fourth-order valence-electron chi connectivity index (χ4n) is 1.09. The number of halogens is 1. The molecule has 0 saturated heterocycles. The molecule has 1 N–H and O–H groups in total. The van der Waals surface area contributed by atoms with Crippen molar-refractivity contribution in [2.45, 2.75) is 13.3 Å². The van der Waals surface area contributed by atoms with Crippen molar-refractivity contribution in [2.75, 3.05) is 0 Å². The molecule has 0 heterocycles. The predicted molar refractivity (Wildman–Crippen MR) is 53.6 cm³/mol. The number of allylic oxidation sites excluding steroid dienone is 1. The molecule has 0 radical (unpaired) electrons. The van der Waals surface area contributed by atoms with Crippen molar-refractivity contribution < 1.29 is 4.39 Å². The van der Waals surface area contributed by atoms with Crippen LogP contribution >= 0.6 is 0 Å². The molecule has 1 aromatic carbocycles. The summed E-state index contributed by atoms with van der Waals surface area (Å²) in [4.78, 5) is 0. The number of nitrogens with one attached hydrogen (secondary N) is 1. The normalized spacial score (nSPS) is 10.6. The minimum atomic E-state index is -0.272. The van der Waals surface area contributed by atoms with Crippen LogP contribution in [0.15, 0.2) is 24.3 Å². The van der Waals surface area contributed by atoms with Crippen molar-refractivity contribution in [1.29, 1.82) is 5.41 Å². The van der Waals surface area contributed by atoms with Crippen LogP contribution in [0.5, 0.6) is 0 Å². The molecule has 0 aromatic heterocycles. The molecule has 1 nitrogen and oxygen atoms in total. The van der Waals surface area contributed by atoms with Gasteiger partial charge < -0.3 is 5.41 Å².